The number of nitrogens with two attached hydrogens (primary N) is 1. The summed E-state index contributed by atoms with van der Waals surface area (Å²) in [6.45, 7) is 8.92. The van der Waals surface area contributed by atoms with Crippen molar-refractivity contribution in [2.24, 2.45) is 11.1 Å². The van der Waals surface area contributed by atoms with E-state index in [1.54, 1.807) is 0 Å². The Kier molecular flexibility index (Phi) is 4.29. The fourth-order valence-corrected chi connectivity index (χ4v) is 3.00. The van der Waals surface area contributed by atoms with Gasteiger partial charge in [-0.15, -0.1) is 0 Å². The van der Waals surface area contributed by atoms with Crippen LogP contribution in [-0.4, -0.2) is 29.0 Å². The van der Waals surface area contributed by atoms with Crippen LogP contribution >= 0.6 is 11.8 Å². The number of hydrogen-bond acceptors (Lipinski definition) is 3. The Morgan fingerprint density at radius 1 is 1.56 bits per heavy atom. The minimum absolute atomic E-state index is 0.0266. The largest absolute Gasteiger partial charge is 0.353 e. The van der Waals surface area contributed by atoms with Gasteiger partial charge in [0.1, 0.15) is 0 Å². The highest BCUT2D eigenvalue weighted by molar-refractivity contribution is 8.00. The first kappa shape index (κ1) is 13.8. The zero-order valence-electron chi connectivity index (χ0n) is 10.8. The highest BCUT2D eigenvalue weighted by Gasteiger charge is 2.32. The lowest BCUT2D eigenvalue weighted by Crippen LogP contribution is -2.51. The number of carbonyl (C=O) groups is 1. The standard InChI is InChI=1S/C12H24N2OS/c1-11(2,3)9(13)10(15)14-8-12(4)6-5-7-16-12/h9H,5-8,13H2,1-4H3,(H,14,15)/t9-,12?/m1/s1. The van der Waals surface area contributed by atoms with Gasteiger partial charge < -0.3 is 11.1 Å². The molecule has 1 amide bonds. The third kappa shape index (κ3) is 3.67. The summed E-state index contributed by atoms with van der Waals surface area (Å²) in [5.74, 6) is 1.18. The zero-order valence-corrected chi connectivity index (χ0v) is 11.6. The third-order valence-electron chi connectivity index (χ3n) is 3.15. The van der Waals surface area contributed by atoms with E-state index >= 15 is 0 Å². The van der Waals surface area contributed by atoms with Crippen molar-refractivity contribution in [3.8, 4) is 0 Å². The van der Waals surface area contributed by atoms with Gasteiger partial charge >= 0.3 is 0 Å². The molecule has 2 atom stereocenters. The van der Waals surface area contributed by atoms with Crippen molar-refractivity contribution in [2.45, 2.75) is 51.3 Å². The summed E-state index contributed by atoms with van der Waals surface area (Å²) in [5.41, 5.74) is 5.73. The molecule has 4 heteroatoms. The Morgan fingerprint density at radius 3 is 2.62 bits per heavy atom. The summed E-state index contributed by atoms with van der Waals surface area (Å²) in [6, 6.07) is -0.428. The molecule has 0 aromatic carbocycles. The molecule has 1 unspecified atom stereocenters. The fraction of sp³-hybridized carbons (Fsp3) is 0.917. The summed E-state index contributed by atoms with van der Waals surface area (Å²) in [4.78, 5) is 11.8. The lowest BCUT2D eigenvalue weighted by molar-refractivity contribution is -0.124. The van der Waals surface area contributed by atoms with Crippen LogP contribution in [0, 0.1) is 5.41 Å². The van der Waals surface area contributed by atoms with Crippen LogP contribution in [0.25, 0.3) is 0 Å². The maximum atomic E-state index is 11.8. The minimum atomic E-state index is -0.428. The average Bonchev–Trinajstić information content (AvgIpc) is 2.60. The zero-order chi connectivity index (χ0) is 12.4. The highest BCUT2D eigenvalue weighted by atomic mass is 32.2. The van der Waals surface area contributed by atoms with Crippen molar-refractivity contribution in [3.63, 3.8) is 0 Å². The van der Waals surface area contributed by atoms with E-state index in [-0.39, 0.29) is 16.1 Å². The average molecular weight is 244 g/mol. The molecule has 16 heavy (non-hydrogen) atoms. The molecule has 1 fully saturated rings. The summed E-state index contributed by atoms with van der Waals surface area (Å²) >= 11 is 1.95. The molecule has 0 aliphatic carbocycles. The maximum absolute atomic E-state index is 11.8. The SMILES string of the molecule is CC1(CNC(=O)[C@@H](N)C(C)(C)C)CCCS1. The molecular formula is C12H24N2OS. The number of amides is 1. The van der Waals surface area contributed by atoms with Gasteiger partial charge in [0, 0.05) is 11.3 Å². The molecule has 1 aliphatic rings. The first-order valence-electron chi connectivity index (χ1n) is 5.92. The quantitative estimate of drug-likeness (QED) is 0.795. The molecule has 0 aromatic heterocycles. The lowest BCUT2D eigenvalue weighted by atomic mass is 9.87. The molecule has 94 valence electrons. The van der Waals surface area contributed by atoms with Crippen LogP contribution in [0.5, 0.6) is 0 Å². The lowest BCUT2D eigenvalue weighted by Gasteiger charge is -2.28. The second-order valence-corrected chi connectivity index (χ2v) is 7.65. The predicted molar refractivity (Wildman–Crippen MR) is 70.5 cm³/mol. The van der Waals surface area contributed by atoms with E-state index in [9.17, 15) is 4.79 Å². The number of rotatable bonds is 3. The van der Waals surface area contributed by atoms with Crippen molar-refractivity contribution < 1.29 is 4.79 Å². The Hall–Kier alpha value is -0.220. The monoisotopic (exact) mass is 244 g/mol. The van der Waals surface area contributed by atoms with Crippen molar-refractivity contribution in [1.29, 1.82) is 0 Å². The highest BCUT2D eigenvalue weighted by Crippen LogP contribution is 2.37. The number of carbonyl (C=O) groups excluding carboxylic acids is 1. The molecule has 0 spiro atoms. The van der Waals surface area contributed by atoms with Crippen LogP contribution in [0.4, 0.5) is 0 Å². The van der Waals surface area contributed by atoms with Gasteiger partial charge in [-0.25, -0.2) is 0 Å². The van der Waals surface area contributed by atoms with Gasteiger partial charge in [-0.3, -0.25) is 4.79 Å². The predicted octanol–water partition coefficient (Wildman–Crippen LogP) is 1.76. The number of nitrogens with one attached hydrogen (secondary N) is 1. The third-order valence-corrected chi connectivity index (χ3v) is 4.69. The first-order chi connectivity index (χ1) is 7.25. The van der Waals surface area contributed by atoms with E-state index in [1.165, 1.54) is 18.6 Å². The molecule has 0 saturated carbocycles. The normalized spacial score (nSPS) is 27.8. The molecule has 1 heterocycles. The van der Waals surface area contributed by atoms with Gasteiger partial charge in [0.2, 0.25) is 5.91 Å². The second kappa shape index (κ2) is 4.96. The van der Waals surface area contributed by atoms with Crippen molar-refractivity contribution >= 4 is 17.7 Å². The van der Waals surface area contributed by atoms with Crippen molar-refractivity contribution in [3.05, 3.63) is 0 Å². The molecule has 0 bridgehead atoms. The summed E-state index contributed by atoms with van der Waals surface area (Å²) in [7, 11) is 0. The Morgan fingerprint density at radius 2 is 2.19 bits per heavy atom. The number of thioether (sulfide) groups is 1. The van der Waals surface area contributed by atoms with Gasteiger partial charge in [0.05, 0.1) is 6.04 Å². The van der Waals surface area contributed by atoms with Gasteiger partial charge in [-0.05, 0) is 30.9 Å². The molecule has 1 saturated heterocycles. The van der Waals surface area contributed by atoms with E-state index < -0.39 is 6.04 Å². The Bertz CT molecular complexity index is 254. The Labute approximate surface area is 103 Å². The minimum Gasteiger partial charge on any atom is -0.353 e. The molecule has 3 nitrogen and oxygen atoms in total. The van der Waals surface area contributed by atoms with Gasteiger partial charge in [-0.1, -0.05) is 20.8 Å². The van der Waals surface area contributed by atoms with Crippen LogP contribution in [0.3, 0.4) is 0 Å². The van der Waals surface area contributed by atoms with Crippen LogP contribution in [-0.2, 0) is 4.79 Å². The van der Waals surface area contributed by atoms with Crippen molar-refractivity contribution in [1.82, 2.24) is 5.32 Å². The number of hydrogen-bond donors (Lipinski definition) is 2. The molecule has 0 radical (unpaired) electrons. The Balaban J connectivity index is 2.40. The van der Waals surface area contributed by atoms with Gasteiger partial charge in [0.25, 0.3) is 0 Å². The van der Waals surface area contributed by atoms with Crippen LogP contribution in [0.15, 0.2) is 0 Å². The molecule has 1 rings (SSSR count). The van der Waals surface area contributed by atoms with Crippen LogP contribution in [0.1, 0.15) is 40.5 Å². The topological polar surface area (TPSA) is 55.1 Å². The maximum Gasteiger partial charge on any atom is 0.237 e. The van der Waals surface area contributed by atoms with Crippen LogP contribution < -0.4 is 11.1 Å². The fourth-order valence-electron chi connectivity index (χ4n) is 1.75. The smallest absolute Gasteiger partial charge is 0.237 e. The van der Waals surface area contributed by atoms with E-state index in [0.29, 0.717) is 0 Å². The van der Waals surface area contributed by atoms with E-state index in [0.717, 1.165) is 6.54 Å². The van der Waals surface area contributed by atoms with E-state index in [4.69, 9.17) is 5.73 Å². The summed E-state index contributed by atoms with van der Waals surface area (Å²) in [6.07, 6.45) is 2.44. The molecular weight excluding hydrogens is 220 g/mol. The molecule has 1 aliphatic heterocycles. The van der Waals surface area contributed by atoms with Crippen molar-refractivity contribution in [2.75, 3.05) is 12.3 Å². The summed E-state index contributed by atoms with van der Waals surface area (Å²) < 4.78 is 0.216. The van der Waals surface area contributed by atoms with Crippen LogP contribution in [0.2, 0.25) is 0 Å². The molecule has 0 aromatic rings. The second-order valence-electron chi connectivity index (χ2n) is 5.96. The molecule has 3 N–H and O–H groups in total. The first-order valence-corrected chi connectivity index (χ1v) is 6.90. The summed E-state index contributed by atoms with van der Waals surface area (Å²) in [5, 5.41) is 2.99. The van der Waals surface area contributed by atoms with Gasteiger partial charge in [-0.2, -0.15) is 11.8 Å². The van der Waals surface area contributed by atoms with E-state index in [2.05, 4.69) is 12.2 Å². The van der Waals surface area contributed by atoms with Gasteiger partial charge in [0.15, 0.2) is 0 Å². The van der Waals surface area contributed by atoms with E-state index in [1.807, 2.05) is 32.5 Å².